The zero-order valence-electron chi connectivity index (χ0n) is 18.9. The first-order valence-corrected chi connectivity index (χ1v) is 10.9. The van der Waals surface area contributed by atoms with Crippen LogP contribution in [0.5, 0.6) is 5.75 Å². The molecular formula is C21H21F9N2O5. The minimum absolute atomic E-state index is 0.0440. The molecule has 0 atom stereocenters. The number of hydrogen-bond donors (Lipinski definition) is 0. The molecule has 2 fully saturated rings. The summed E-state index contributed by atoms with van der Waals surface area (Å²) in [4.78, 5) is 25.7. The van der Waals surface area contributed by atoms with Crippen molar-refractivity contribution in [1.29, 1.82) is 0 Å². The van der Waals surface area contributed by atoms with E-state index in [0.717, 1.165) is 12.1 Å². The van der Waals surface area contributed by atoms with Gasteiger partial charge in [-0.2, -0.15) is 39.5 Å². The number of piperazine rings is 1. The van der Waals surface area contributed by atoms with E-state index in [2.05, 4.69) is 4.74 Å². The van der Waals surface area contributed by atoms with Crippen LogP contribution in [0.25, 0.3) is 0 Å². The van der Waals surface area contributed by atoms with E-state index in [-0.39, 0.29) is 44.2 Å². The number of ether oxygens (including phenoxy) is 3. The van der Waals surface area contributed by atoms with E-state index < -0.39 is 54.8 Å². The predicted octanol–water partition coefficient (Wildman–Crippen LogP) is 4.74. The van der Waals surface area contributed by atoms with Crippen LogP contribution in [0.3, 0.4) is 0 Å². The lowest BCUT2D eigenvalue weighted by molar-refractivity contribution is -0.308. The smallest absolute Gasteiger partial charge is 0.434 e. The van der Waals surface area contributed by atoms with Gasteiger partial charge in [0.05, 0.1) is 11.5 Å². The zero-order chi connectivity index (χ0) is 27.6. The molecule has 0 N–H and O–H groups in total. The summed E-state index contributed by atoms with van der Waals surface area (Å²) < 4.78 is 130. The normalized spacial score (nSPS) is 17.6. The second-order valence-electron chi connectivity index (χ2n) is 8.40. The Morgan fingerprint density at radius 2 is 1.51 bits per heavy atom. The van der Waals surface area contributed by atoms with E-state index in [4.69, 9.17) is 9.47 Å². The third-order valence-electron chi connectivity index (χ3n) is 5.55. The molecule has 16 heteroatoms. The molecule has 2 aliphatic rings. The number of alkyl halides is 9. The summed E-state index contributed by atoms with van der Waals surface area (Å²) in [5.74, 6) is -1.47. The largest absolute Gasteiger partial charge is 0.456 e. The molecule has 1 aliphatic heterocycles. The molecule has 1 aromatic rings. The maximum Gasteiger partial charge on any atom is 0.434 e. The highest BCUT2D eigenvalue weighted by Gasteiger charge is 2.60. The quantitative estimate of drug-likeness (QED) is 0.277. The number of halogens is 9. The third kappa shape index (κ3) is 7.79. The number of nitrogens with zero attached hydrogens (tertiary/aromatic N) is 2. The Morgan fingerprint density at radius 3 is 2.03 bits per heavy atom. The Kier molecular flexibility index (Phi) is 8.39. The van der Waals surface area contributed by atoms with Crippen molar-refractivity contribution in [3.63, 3.8) is 0 Å². The molecule has 37 heavy (non-hydrogen) atoms. The third-order valence-corrected chi connectivity index (χ3v) is 5.55. The van der Waals surface area contributed by atoms with Gasteiger partial charge in [-0.25, -0.2) is 4.79 Å². The standard InChI is InChI=1S/C21H21F9N2O5/c22-19(23,24)14-3-1-2-13(15(14)35-11-36-16(33)12-4-5-12)10-31-6-8-32(9-7-31)18(34)37-17(20(25,26)27)21(28,29)30/h1-3,12,17H,4-11H2. The van der Waals surface area contributed by atoms with Gasteiger partial charge >= 0.3 is 30.6 Å². The maximum absolute atomic E-state index is 13.5. The van der Waals surface area contributed by atoms with Gasteiger partial charge in [0.1, 0.15) is 5.75 Å². The number of carbonyl (C=O) groups excluding carboxylic acids is 2. The summed E-state index contributed by atoms with van der Waals surface area (Å²) in [6.45, 7) is -1.78. The number of carbonyl (C=O) groups is 2. The van der Waals surface area contributed by atoms with Crippen molar-refractivity contribution in [3.8, 4) is 5.75 Å². The van der Waals surface area contributed by atoms with Crippen molar-refractivity contribution < 1.29 is 63.3 Å². The topological polar surface area (TPSA) is 68.3 Å². The SMILES string of the molecule is O=C(OCOc1c(CN2CCN(C(=O)OC(C(F)(F)F)C(F)(F)F)CC2)cccc1C(F)(F)F)C1CC1. The van der Waals surface area contributed by atoms with E-state index >= 15 is 0 Å². The van der Waals surface area contributed by atoms with Crippen LogP contribution in [0.4, 0.5) is 44.3 Å². The van der Waals surface area contributed by atoms with Crippen molar-refractivity contribution in [2.24, 2.45) is 5.92 Å². The van der Waals surface area contributed by atoms with Crippen molar-refractivity contribution in [2.45, 2.75) is 44.0 Å². The highest BCUT2D eigenvalue weighted by molar-refractivity contribution is 5.74. The van der Waals surface area contributed by atoms with E-state index in [9.17, 15) is 49.1 Å². The Bertz CT molecular complexity index is 955. The van der Waals surface area contributed by atoms with Crippen LogP contribution >= 0.6 is 0 Å². The molecule has 7 nitrogen and oxygen atoms in total. The number of esters is 1. The lowest BCUT2D eigenvalue weighted by Gasteiger charge is -2.35. The number of benzene rings is 1. The number of rotatable bonds is 7. The van der Waals surface area contributed by atoms with Gasteiger partial charge in [-0.05, 0) is 18.9 Å². The second kappa shape index (κ2) is 10.8. The van der Waals surface area contributed by atoms with Gasteiger partial charge in [0.25, 0.3) is 6.10 Å². The van der Waals surface area contributed by atoms with Gasteiger partial charge in [-0.15, -0.1) is 0 Å². The van der Waals surface area contributed by atoms with Gasteiger partial charge in [0, 0.05) is 38.3 Å². The molecular weight excluding hydrogens is 531 g/mol. The van der Waals surface area contributed by atoms with E-state index in [1.165, 1.54) is 11.0 Å². The molecule has 1 amide bonds. The second-order valence-corrected chi connectivity index (χ2v) is 8.40. The first-order chi connectivity index (χ1) is 17.1. The summed E-state index contributed by atoms with van der Waals surface area (Å²) in [6.07, 6.45) is -21.4. The molecule has 1 saturated heterocycles. The fourth-order valence-corrected chi connectivity index (χ4v) is 3.51. The molecule has 3 rings (SSSR count). The maximum atomic E-state index is 13.5. The average Bonchev–Trinajstić information content (AvgIpc) is 3.62. The van der Waals surface area contributed by atoms with Gasteiger partial charge in [0.15, 0.2) is 0 Å². The molecule has 208 valence electrons. The molecule has 0 spiro atoms. The van der Waals surface area contributed by atoms with Crippen LogP contribution < -0.4 is 4.74 Å². The lowest BCUT2D eigenvalue weighted by atomic mass is 10.1. The Balaban J connectivity index is 1.63. The minimum Gasteiger partial charge on any atom is -0.456 e. The molecule has 0 aromatic heterocycles. The molecule has 1 saturated carbocycles. The van der Waals surface area contributed by atoms with E-state index in [1.54, 1.807) is 0 Å². The van der Waals surface area contributed by atoms with E-state index in [0.29, 0.717) is 17.7 Å². The van der Waals surface area contributed by atoms with Gasteiger partial charge in [0.2, 0.25) is 6.79 Å². The van der Waals surface area contributed by atoms with Crippen LogP contribution in [-0.2, 0) is 27.0 Å². The van der Waals surface area contributed by atoms with Crippen LogP contribution in [-0.4, -0.2) is 73.3 Å². The lowest BCUT2D eigenvalue weighted by Crippen LogP contribution is -2.52. The number of amides is 1. The van der Waals surface area contributed by atoms with Crippen LogP contribution in [0.2, 0.25) is 0 Å². The fourth-order valence-electron chi connectivity index (χ4n) is 3.51. The molecule has 1 heterocycles. The summed E-state index contributed by atoms with van der Waals surface area (Å²) in [6, 6.07) is 3.22. The Labute approximate surface area is 204 Å². The highest BCUT2D eigenvalue weighted by Crippen LogP contribution is 2.39. The fraction of sp³-hybridized carbons (Fsp3) is 0.619. The minimum atomic E-state index is -5.86. The van der Waals surface area contributed by atoms with Crippen LogP contribution in [0.15, 0.2) is 18.2 Å². The Morgan fingerprint density at radius 1 is 0.919 bits per heavy atom. The average molecular weight is 552 g/mol. The first kappa shape index (κ1) is 28.7. The summed E-state index contributed by atoms with van der Waals surface area (Å²) in [5, 5.41) is 0. The highest BCUT2D eigenvalue weighted by atomic mass is 19.4. The summed E-state index contributed by atoms with van der Waals surface area (Å²) in [7, 11) is 0. The molecule has 0 radical (unpaired) electrons. The van der Waals surface area contributed by atoms with Crippen LogP contribution in [0, 0.1) is 5.92 Å². The zero-order valence-corrected chi connectivity index (χ0v) is 18.9. The molecule has 0 unspecified atom stereocenters. The van der Waals surface area contributed by atoms with Gasteiger partial charge in [-0.1, -0.05) is 12.1 Å². The van der Waals surface area contributed by atoms with E-state index in [1.807, 2.05) is 0 Å². The van der Waals surface area contributed by atoms with Gasteiger partial charge in [-0.3, -0.25) is 9.69 Å². The number of hydrogen-bond acceptors (Lipinski definition) is 6. The predicted molar refractivity (Wildman–Crippen MR) is 105 cm³/mol. The van der Waals surface area contributed by atoms with Crippen molar-refractivity contribution >= 4 is 12.1 Å². The van der Waals surface area contributed by atoms with Gasteiger partial charge < -0.3 is 19.1 Å². The van der Waals surface area contributed by atoms with Crippen molar-refractivity contribution in [1.82, 2.24) is 9.80 Å². The summed E-state index contributed by atoms with van der Waals surface area (Å²) >= 11 is 0. The van der Waals surface area contributed by atoms with Crippen LogP contribution in [0.1, 0.15) is 24.0 Å². The van der Waals surface area contributed by atoms with Crippen molar-refractivity contribution in [2.75, 3.05) is 33.0 Å². The molecule has 1 aromatic carbocycles. The number of para-hydroxylation sites is 1. The Hall–Kier alpha value is -2.91. The molecule has 0 bridgehead atoms. The molecule has 1 aliphatic carbocycles. The van der Waals surface area contributed by atoms with Crippen molar-refractivity contribution in [3.05, 3.63) is 29.3 Å². The monoisotopic (exact) mass is 552 g/mol. The first-order valence-electron chi connectivity index (χ1n) is 10.9. The summed E-state index contributed by atoms with van der Waals surface area (Å²) in [5.41, 5.74) is -1.08.